The number of ether oxygens (including phenoxy) is 1. The van der Waals surface area contributed by atoms with Crippen LogP contribution in [0.25, 0.3) is 10.4 Å². The maximum Gasteiger partial charge on any atom is 0.283 e. The molecule has 1 fully saturated rings. The molecule has 1 aliphatic heterocycles. The van der Waals surface area contributed by atoms with Crippen LogP contribution in [0.3, 0.4) is 0 Å². The molecule has 1 aromatic heterocycles. The van der Waals surface area contributed by atoms with E-state index in [2.05, 4.69) is 10.9 Å². The quantitative estimate of drug-likeness (QED) is 0.483. The maximum absolute atomic E-state index is 12.8. The fourth-order valence-electron chi connectivity index (χ4n) is 3.64. The van der Waals surface area contributed by atoms with Crippen molar-refractivity contribution in [2.24, 2.45) is 0 Å². The first-order valence-corrected chi connectivity index (χ1v) is 13.2. The zero-order valence-electron chi connectivity index (χ0n) is 18.6. The fourth-order valence-corrected chi connectivity index (χ4v) is 6.16. The molecule has 3 aromatic rings. The summed E-state index contributed by atoms with van der Waals surface area (Å²) >= 11 is 1.27. The third kappa shape index (κ3) is 5.14. The second kappa shape index (κ2) is 10.4. The van der Waals surface area contributed by atoms with Gasteiger partial charge in [0, 0.05) is 23.5 Å². The van der Waals surface area contributed by atoms with E-state index < -0.39 is 21.8 Å². The highest BCUT2D eigenvalue weighted by Crippen LogP contribution is 2.36. The molecule has 0 unspecified atom stereocenters. The normalized spacial score (nSPS) is 14.0. The van der Waals surface area contributed by atoms with Gasteiger partial charge in [0.2, 0.25) is 10.0 Å². The van der Waals surface area contributed by atoms with E-state index in [1.165, 1.54) is 39.9 Å². The van der Waals surface area contributed by atoms with Gasteiger partial charge >= 0.3 is 0 Å². The van der Waals surface area contributed by atoms with Gasteiger partial charge in [0.15, 0.2) is 0 Å². The van der Waals surface area contributed by atoms with Crippen LogP contribution in [0, 0.1) is 0 Å². The van der Waals surface area contributed by atoms with Crippen molar-refractivity contribution in [1.29, 1.82) is 0 Å². The van der Waals surface area contributed by atoms with Crippen LogP contribution in [0.5, 0.6) is 5.75 Å². The minimum Gasteiger partial charge on any atom is -0.492 e. The second-order valence-electron chi connectivity index (χ2n) is 7.65. The topological polar surface area (TPSA) is 105 Å². The molecular formula is C24H25N3O5S2. The van der Waals surface area contributed by atoms with Crippen molar-refractivity contribution in [2.75, 3.05) is 19.7 Å². The lowest BCUT2D eigenvalue weighted by atomic mass is 10.2. The van der Waals surface area contributed by atoms with Crippen LogP contribution in [-0.4, -0.2) is 44.2 Å². The summed E-state index contributed by atoms with van der Waals surface area (Å²) < 4.78 is 32.3. The minimum atomic E-state index is -3.55. The molecule has 2 heterocycles. The summed E-state index contributed by atoms with van der Waals surface area (Å²) in [5, 5.41) is 0. The molecule has 10 heteroatoms. The molecular weight excluding hydrogens is 474 g/mol. The van der Waals surface area contributed by atoms with Crippen molar-refractivity contribution in [2.45, 2.75) is 24.7 Å². The molecule has 0 atom stereocenters. The van der Waals surface area contributed by atoms with E-state index in [0.29, 0.717) is 30.3 Å². The summed E-state index contributed by atoms with van der Waals surface area (Å²) in [5.41, 5.74) is 5.98. The van der Waals surface area contributed by atoms with Crippen LogP contribution in [-0.2, 0) is 10.0 Å². The highest BCUT2D eigenvalue weighted by atomic mass is 32.2. The number of nitrogens with zero attached hydrogens (tertiary/aromatic N) is 1. The van der Waals surface area contributed by atoms with E-state index in [1.807, 2.05) is 37.3 Å². The third-order valence-corrected chi connectivity index (χ3v) is 8.45. The minimum absolute atomic E-state index is 0.142. The van der Waals surface area contributed by atoms with E-state index >= 15 is 0 Å². The predicted octanol–water partition coefficient (Wildman–Crippen LogP) is 3.67. The number of sulfonamides is 1. The first kappa shape index (κ1) is 23.9. The van der Waals surface area contributed by atoms with Gasteiger partial charge in [-0.05, 0) is 55.7 Å². The van der Waals surface area contributed by atoms with E-state index in [1.54, 1.807) is 6.07 Å². The molecule has 0 saturated carbocycles. The van der Waals surface area contributed by atoms with E-state index in [9.17, 15) is 18.0 Å². The van der Waals surface area contributed by atoms with Gasteiger partial charge in [-0.3, -0.25) is 20.4 Å². The van der Waals surface area contributed by atoms with Gasteiger partial charge in [0.05, 0.1) is 11.5 Å². The summed E-state index contributed by atoms with van der Waals surface area (Å²) in [6.07, 6.45) is 1.70. The summed E-state index contributed by atoms with van der Waals surface area (Å²) in [6.45, 7) is 3.24. The van der Waals surface area contributed by atoms with Crippen LogP contribution in [0.2, 0.25) is 0 Å². The molecule has 0 aliphatic carbocycles. The Kier molecular flexibility index (Phi) is 7.30. The van der Waals surface area contributed by atoms with Gasteiger partial charge in [0.1, 0.15) is 10.6 Å². The Morgan fingerprint density at radius 3 is 2.26 bits per heavy atom. The number of hydrogen-bond acceptors (Lipinski definition) is 6. The Hall–Kier alpha value is -3.21. The second-order valence-corrected chi connectivity index (χ2v) is 10.6. The van der Waals surface area contributed by atoms with Gasteiger partial charge in [-0.25, -0.2) is 8.42 Å². The van der Waals surface area contributed by atoms with E-state index in [4.69, 9.17) is 4.74 Å². The lowest BCUT2D eigenvalue weighted by molar-refractivity contribution is 0.0847. The van der Waals surface area contributed by atoms with Crippen molar-refractivity contribution in [3.63, 3.8) is 0 Å². The van der Waals surface area contributed by atoms with Crippen LogP contribution in [0.15, 0.2) is 65.6 Å². The van der Waals surface area contributed by atoms with Gasteiger partial charge in [0.25, 0.3) is 11.8 Å². The SMILES string of the molecule is CCOc1cc(-c2ccccc2)sc1C(=O)NNC(=O)c1ccc(S(=O)(=O)N2CCCC2)cc1. The Balaban J connectivity index is 1.43. The maximum atomic E-state index is 12.8. The molecule has 2 N–H and O–H groups in total. The number of hydrazine groups is 1. The molecule has 178 valence electrons. The number of benzene rings is 2. The lowest BCUT2D eigenvalue weighted by Gasteiger charge is -2.15. The van der Waals surface area contributed by atoms with Crippen molar-refractivity contribution in [3.8, 4) is 16.2 Å². The van der Waals surface area contributed by atoms with Gasteiger partial charge < -0.3 is 4.74 Å². The molecule has 2 amide bonds. The standard InChI is InChI=1S/C24H25N3O5S2/c1-2-32-20-16-21(17-8-4-3-5-9-17)33-22(20)24(29)26-25-23(28)18-10-12-19(13-11-18)34(30,31)27-14-6-7-15-27/h3-5,8-13,16H,2,6-7,14-15H2,1H3,(H,25,28)(H,26,29). The van der Waals surface area contributed by atoms with Crippen molar-refractivity contribution in [3.05, 3.63) is 71.1 Å². The van der Waals surface area contributed by atoms with E-state index in [-0.39, 0.29) is 10.5 Å². The Bertz CT molecular complexity index is 1270. The van der Waals surface area contributed by atoms with Gasteiger partial charge in [-0.1, -0.05) is 30.3 Å². The number of carbonyl (C=O) groups is 2. The van der Waals surface area contributed by atoms with Crippen LogP contribution >= 0.6 is 11.3 Å². The number of carbonyl (C=O) groups excluding carboxylic acids is 2. The summed E-state index contributed by atoms with van der Waals surface area (Å²) in [5.74, 6) is -0.622. The Labute approximate surface area is 202 Å². The molecule has 1 aliphatic rings. The largest absolute Gasteiger partial charge is 0.492 e. The first-order valence-electron chi connectivity index (χ1n) is 10.9. The third-order valence-electron chi connectivity index (χ3n) is 5.37. The zero-order valence-corrected chi connectivity index (χ0v) is 20.2. The van der Waals surface area contributed by atoms with E-state index in [0.717, 1.165) is 23.3 Å². The summed E-state index contributed by atoms with van der Waals surface area (Å²) in [6, 6.07) is 17.1. The highest BCUT2D eigenvalue weighted by Gasteiger charge is 2.27. The smallest absolute Gasteiger partial charge is 0.283 e. The van der Waals surface area contributed by atoms with Gasteiger partial charge in [-0.15, -0.1) is 11.3 Å². The monoisotopic (exact) mass is 499 g/mol. The first-order chi connectivity index (χ1) is 16.4. The average Bonchev–Trinajstić information content (AvgIpc) is 3.54. The molecule has 34 heavy (non-hydrogen) atoms. The van der Waals surface area contributed by atoms with Crippen molar-refractivity contribution < 1.29 is 22.7 Å². The van der Waals surface area contributed by atoms with Crippen molar-refractivity contribution in [1.82, 2.24) is 15.2 Å². The van der Waals surface area contributed by atoms with Crippen LogP contribution in [0.4, 0.5) is 0 Å². The van der Waals surface area contributed by atoms with Crippen molar-refractivity contribution >= 4 is 33.2 Å². The number of nitrogens with one attached hydrogen (secondary N) is 2. The zero-order chi connectivity index (χ0) is 24.1. The highest BCUT2D eigenvalue weighted by molar-refractivity contribution is 7.89. The summed E-state index contributed by atoms with van der Waals surface area (Å²) in [7, 11) is -3.55. The number of thiophene rings is 1. The van der Waals surface area contributed by atoms with Crippen LogP contribution < -0.4 is 15.6 Å². The van der Waals surface area contributed by atoms with Crippen LogP contribution in [0.1, 0.15) is 39.8 Å². The van der Waals surface area contributed by atoms with Gasteiger partial charge in [-0.2, -0.15) is 4.31 Å². The fraction of sp³-hybridized carbons (Fsp3) is 0.250. The predicted molar refractivity (Wildman–Crippen MR) is 130 cm³/mol. The molecule has 0 bridgehead atoms. The lowest BCUT2D eigenvalue weighted by Crippen LogP contribution is -2.41. The Morgan fingerprint density at radius 1 is 0.971 bits per heavy atom. The number of hydrogen-bond donors (Lipinski definition) is 2. The Morgan fingerprint density at radius 2 is 1.62 bits per heavy atom. The molecule has 0 radical (unpaired) electrons. The number of amides is 2. The molecule has 0 spiro atoms. The molecule has 4 rings (SSSR count). The molecule has 8 nitrogen and oxygen atoms in total. The average molecular weight is 500 g/mol. The molecule has 1 saturated heterocycles. The number of rotatable bonds is 7. The molecule has 2 aromatic carbocycles. The summed E-state index contributed by atoms with van der Waals surface area (Å²) in [4.78, 5) is 26.6.